The van der Waals surface area contributed by atoms with Crippen molar-refractivity contribution in [3.63, 3.8) is 0 Å². The molecule has 0 radical (unpaired) electrons. The van der Waals surface area contributed by atoms with E-state index in [2.05, 4.69) is 21.4 Å². The van der Waals surface area contributed by atoms with Gasteiger partial charge in [0.15, 0.2) is 0 Å². The Labute approximate surface area is 187 Å². The Kier molecular flexibility index (Phi) is 4.54. The molecule has 0 amide bonds. The van der Waals surface area contributed by atoms with E-state index in [1.54, 1.807) is 4.68 Å². The number of aromatic nitrogens is 4. The average molecular weight is 429 g/mol. The summed E-state index contributed by atoms with van der Waals surface area (Å²) in [4.78, 5) is 12.1. The summed E-state index contributed by atoms with van der Waals surface area (Å²) in [6.45, 7) is 3.94. The second-order valence-electron chi connectivity index (χ2n) is 9.27. The number of fused-ring (bicyclic) bond motifs is 2. The van der Waals surface area contributed by atoms with Crippen LogP contribution in [0, 0.1) is 6.92 Å². The molecule has 2 fully saturated rings. The number of phenols is 1. The van der Waals surface area contributed by atoms with Gasteiger partial charge in [0.25, 0.3) is 0 Å². The monoisotopic (exact) mass is 428 g/mol. The maximum absolute atomic E-state index is 10.8. The summed E-state index contributed by atoms with van der Waals surface area (Å²) >= 11 is 0. The van der Waals surface area contributed by atoms with Gasteiger partial charge in [-0.05, 0) is 56.5 Å². The smallest absolute Gasteiger partial charge is 0.130 e. The topological polar surface area (TPSA) is 79.1 Å². The van der Waals surface area contributed by atoms with Crippen LogP contribution in [0.5, 0.6) is 5.75 Å². The van der Waals surface area contributed by atoms with E-state index in [1.807, 2.05) is 44.4 Å². The zero-order valence-corrected chi connectivity index (χ0v) is 18.5. The minimum atomic E-state index is 0.231. The van der Waals surface area contributed by atoms with Crippen molar-refractivity contribution in [2.24, 2.45) is 7.05 Å². The van der Waals surface area contributed by atoms with Gasteiger partial charge < -0.3 is 15.3 Å². The van der Waals surface area contributed by atoms with Gasteiger partial charge in [-0.1, -0.05) is 6.42 Å². The lowest BCUT2D eigenvalue weighted by molar-refractivity contribution is 0.311. The molecule has 4 heterocycles. The predicted molar refractivity (Wildman–Crippen MR) is 127 cm³/mol. The first-order chi connectivity index (χ1) is 15.5. The molecule has 0 unspecified atom stereocenters. The van der Waals surface area contributed by atoms with E-state index in [-0.39, 0.29) is 5.75 Å². The van der Waals surface area contributed by atoms with Gasteiger partial charge >= 0.3 is 0 Å². The van der Waals surface area contributed by atoms with Gasteiger partial charge in [0.2, 0.25) is 0 Å². The molecule has 1 atom stereocenters. The van der Waals surface area contributed by atoms with Crippen molar-refractivity contribution in [1.82, 2.24) is 25.1 Å². The summed E-state index contributed by atoms with van der Waals surface area (Å²) in [5.74, 6) is 1.25. The molecule has 3 aromatic heterocycles. The van der Waals surface area contributed by atoms with Crippen LogP contribution < -0.4 is 10.2 Å². The molecule has 7 nitrogen and oxygen atoms in total. The van der Waals surface area contributed by atoms with E-state index in [9.17, 15) is 5.11 Å². The maximum atomic E-state index is 10.8. The quantitative estimate of drug-likeness (QED) is 0.513. The summed E-state index contributed by atoms with van der Waals surface area (Å²) in [5.41, 5.74) is 4.75. The van der Waals surface area contributed by atoms with E-state index >= 15 is 0 Å². The minimum absolute atomic E-state index is 0.231. The number of anilines is 1. The van der Waals surface area contributed by atoms with Crippen LogP contribution in [0.2, 0.25) is 0 Å². The highest BCUT2D eigenvalue weighted by Crippen LogP contribution is 2.36. The Morgan fingerprint density at radius 3 is 2.66 bits per heavy atom. The predicted octanol–water partition coefficient (Wildman–Crippen LogP) is 3.92. The molecule has 164 valence electrons. The van der Waals surface area contributed by atoms with Crippen LogP contribution in [-0.4, -0.2) is 50.0 Å². The largest absolute Gasteiger partial charge is 0.507 e. The third kappa shape index (κ3) is 3.28. The van der Waals surface area contributed by atoms with Crippen molar-refractivity contribution >= 4 is 27.8 Å². The number of aromatic hydroxyl groups is 1. The number of hydrogen-bond acceptors (Lipinski definition) is 6. The standard InChI is InChI=1S/C25H28N6O/c1-15-24-16(13-30(2)29-24)12-19(25(15)32)20-6-7-22-21(27-20)8-9-23(28-22)31-11-10-18(14-31)26-17-4-3-5-17/h6-9,12-13,17-18,26,32H,3-5,10-11,14H2,1-2H3/t18-/m0/s1. The highest BCUT2D eigenvalue weighted by atomic mass is 16.3. The molecule has 1 saturated heterocycles. The number of hydrogen-bond donors (Lipinski definition) is 2. The summed E-state index contributed by atoms with van der Waals surface area (Å²) in [6.07, 6.45) is 7.14. The first-order valence-corrected chi connectivity index (χ1v) is 11.5. The Hall–Kier alpha value is -3.19. The van der Waals surface area contributed by atoms with Crippen LogP contribution in [0.4, 0.5) is 5.82 Å². The van der Waals surface area contributed by atoms with Gasteiger partial charge in [-0.15, -0.1) is 0 Å². The number of nitrogens with zero attached hydrogens (tertiary/aromatic N) is 5. The van der Waals surface area contributed by atoms with Gasteiger partial charge in [-0.2, -0.15) is 5.10 Å². The maximum Gasteiger partial charge on any atom is 0.130 e. The molecular formula is C25H28N6O. The van der Waals surface area contributed by atoms with Crippen LogP contribution in [0.1, 0.15) is 31.2 Å². The molecule has 32 heavy (non-hydrogen) atoms. The number of phenolic OH excluding ortho intramolecular Hbond substituents is 1. The molecule has 2 aliphatic rings. The molecule has 0 spiro atoms. The summed E-state index contributed by atoms with van der Waals surface area (Å²) in [5, 5.41) is 20.0. The Balaban J connectivity index is 1.29. The summed E-state index contributed by atoms with van der Waals surface area (Å²) in [6, 6.07) is 11.3. The van der Waals surface area contributed by atoms with Gasteiger partial charge in [0, 0.05) is 54.9 Å². The van der Waals surface area contributed by atoms with Crippen LogP contribution in [0.3, 0.4) is 0 Å². The number of pyridine rings is 2. The Morgan fingerprint density at radius 1 is 1.03 bits per heavy atom. The van der Waals surface area contributed by atoms with Crippen molar-refractivity contribution in [3.05, 3.63) is 42.1 Å². The van der Waals surface area contributed by atoms with Gasteiger partial charge in [0.1, 0.15) is 11.6 Å². The molecule has 1 aliphatic carbocycles. The summed E-state index contributed by atoms with van der Waals surface area (Å²) < 4.78 is 1.77. The van der Waals surface area contributed by atoms with Crippen molar-refractivity contribution in [1.29, 1.82) is 0 Å². The molecule has 0 bridgehead atoms. The number of rotatable bonds is 4. The fourth-order valence-electron chi connectivity index (χ4n) is 4.97. The van der Waals surface area contributed by atoms with Crippen molar-refractivity contribution in [3.8, 4) is 17.0 Å². The zero-order chi connectivity index (χ0) is 21.8. The van der Waals surface area contributed by atoms with Crippen molar-refractivity contribution < 1.29 is 5.11 Å². The second kappa shape index (κ2) is 7.45. The normalized spacial score (nSPS) is 19.2. The summed E-state index contributed by atoms with van der Waals surface area (Å²) in [7, 11) is 1.89. The number of aryl methyl sites for hydroxylation is 2. The third-order valence-corrected chi connectivity index (χ3v) is 7.01. The lowest BCUT2D eigenvalue weighted by atomic mass is 9.92. The van der Waals surface area contributed by atoms with Crippen LogP contribution in [0.15, 0.2) is 36.5 Å². The van der Waals surface area contributed by atoms with E-state index in [0.717, 1.165) is 63.7 Å². The van der Waals surface area contributed by atoms with E-state index < -0.39 is 0 Å². The van der Waals surface area contributed by atoms with Crippen LogP contribution >= 0.6 is 0 Å². The zero-order valence-electron chi connectivity index (χ0n) is 18.5. The Morgan fingerprint density at radius 2 is 1.84 bits per heavy atom. The molecule has 1 aromatic carbocycles. The van der Waals surface area contributed by atoms with E-state index in [4.69, 9.17) is 9.97 Å². The molecule has 6 rings (SSSR count). The SMILES string of the molecule is Cc1c(O)c(-c2ccc3nc(N4CC[C@H](NC5CCC5)C4)ccc3n2)cc2cn(C)nc12. The first kappa shape index (κ1) is 19.5. The lowest BCUT2D eigenvalue weighted by Gasteiger charge is -2.30. The minimum Gasteiger partial charge on any atom is -0.507 e. The number of nitrogens with one attached hydrogen (secondary N) is 1. The molecular weight excluding hydrogens is 400 g/mol. The molecule has 4 aromatic rings. The van der Waals surface area contributed by atoms with Gasteiger partial charge in [-0.25, -0.2) is 9.97 Å². The van der Waals surface area contributed by atoms with Crippen LogP contribution in [-0.2, 0) is 7.05 Å². The Bertz CT molecular complexity index is 1330. The molecule has 7 heteroatoms. The van der Waals surface area contributed by atoms with Crippen molar-refractivity contribution in [2.75, 3.05) is 18.0 Å². The molecule has 1 aliphatic heterocycles. The van der Waals surface area contributed by atoms with Crippen molar-refractivity contribution in [2.45, 2.75) is 44.7 Å². The van der Waals surface area contributed by atoms with E-state index in [0.29, 0.717) is 6.04 Å². The lowest BCUT2D eigenvalue weighted by Crippen LogP contribution is -2.43. The fourth-order valence-corrected chi connectivity index (χ4v) is 4.97. The molecule has 2 N–H and O–H groups in total. The highest BCUT2D eigenvalue weighted by Gasteiger charge is 2.27. The highest BCUT2D eigenvalue weighted by molar-refractivity contribution is 5.91. The van der Waals surface area contributed by atoms with Crippen LogP contribution in [0.25, 0.3) is 33.2 Å². The fraction of sp³-hybridized carbons (Fsp3) is 0.400. The van der Waals surface area contributed by atoms with Gasteiger partial charge in [0.05, 0.1) is 22.2 Å². The van der Waals surface area contributed by atoms with E-state index in [1.165, 1.54) is 25.7 Å². The second-order valence-corrected chi connectivity index (χ2v) is 9.27. The van der Waals surface area contributed by atoms with Gasteiger partial charge in [-0.3, -0.25) is 4.68 Å². The number of benzene rings is 1. The third-order valence-electron chi connectivity index (χ3n) is 7.01. The average Bonchev–Trinajstić information content (AvgIpc) is 3.39. The first-order valence-electron chi connectivity index (χ1n) is 11.5. The molecule has 1 saturated carbocycles.